The van der Waals surface area contributed by atoms with Crippen LogP contribution in [0.2, 0.25) is 0 Å². The molecule has 0 unspecified atom stereocenters. The van der Waals surface area contributed by atoms with Gasteiger partial charge in [0.2, 0.25) is 0 Å². The van der Waals surface area contributed by atoms with Crippen molar-refractivity contribution in [3.05, 3.63) is 34.9 Å². The van der Waals surface area contributed by atoms with Crippen molar-refractivity contribution in [2.75, 3.05) is 17.6 Å². The zero-order valence-corrected chi connectivity index (χ0v) is 12.1. The van der Waals surface area contributed by atoms with Crippen molar-refractivity contribution < 1.29 is 13.2 Å². The highest BCUT2D eigenvalue weighted by atomic mass is 79.9. The second-order valence-corrected chi connectivity index (χ2v) is 5.73. The molecule has 1 aromatic carbocycles. The number of fused-ring (bicyclic) bond motifs is 1. The molecule has 0 spiro atoms. The molecule has 0 atom stereocenters. The van der Waals surface area contributed by atoms with Gasteiger partial charge in [0.25, 0.3) is 0 Å². The van der Waals surface area contributed by atoms with Crippen LogP contribution in [-0.4, -0.2) is 22.8 Å². The van der Waals surface area contributed by atoms with Crippen molar-refractivity contribution in [2.45, 2.75) is 5.51 Å². The van der Waals surface area contributed by atoms with Crippen LogP contribution in [0.25, 0.3) is 10.8 Å². The summed E-state index contributed by atoms with van der Waals surface area (Å²) in [5, 5.41) is 4.79. The molecule has 0 bridgehead atoms. The molecule has 0 amide bonds. The average Bonchev–Trinajstić information content (AvgIpc) is 2.34. The molecule has 19 heavy (non-hydrogen) atoms. The number of hydrogen-bond acceptors (Lipinski definition) is 3. The van der Waals surface area contributed by atoms with Crippen LogP contribution in [0.15, 0.2) is 34.9 Å². The Morgan fingerprint density at radius 2 is 2.00 bits per heavy atom. The van der Waals surface area contributed by atoms with E-state index in [2.05, 4.69) is 26.2 Å². The van der Waals surface area contributed by atoms with Gasteiger partial charge in [0.1, 0.15) is 5.82 Å². The van der Waals surface area contributed by atoms with E-state index in [1.807, 2.05) is 24.3 Å². The quantitative estimate of drug-likeness (QED) is 0.811. The number of anilines is 1. The normalized spacial score (nSPS) is 11.8. The number of aromatic nitrogens is 1. The Morgan fingerprint density at radius 1 is 1.21 bits per heavy atom. The molecule has 0 radical (unpaired) electrons. The van der Waals surface area contributed by atoms with Crippen LogP contribution < -0.4 is 5.32 Å². The van der Waals surface area contributed by atoms with E-state index < -0.39 is 5.51 Å². The minimum atomic E-state index is -4.18. The van der Waals surface area contributed by atoms with Gasteiger partial charge in [-0.25, -0.2) is 4.98 Å². The Bertz CT molecular complexity index is 574. The maximum atomic E-state index is 12.0. The van der Waals surface area contributed by atoms with Crippen LogP contribution in [0.5, 0.6) is 0 Å². The molecule has 102 valence electrons. The van der Waals surface area contributed by atoms with Gasteiger partial charge in [-0.05, 0) is 23.9 Å². The summed E-state index contributed by atoms with van der Waals surface area (Å²) >= 11 is 3.39. The van der Waals surface area contributed by atoms with Crippen molar-refractivity contribution >= 4 is 44.3 Å². The lowest BCUT2D eigenvalue weighted by Crippen LogP contribution is -2.10. The molecule has 0 saturated carbocycles. The molecule has 0 fully saturated rings. The van der Waals surface area contributed by atoms with E-state index in [1.54, 1.807) is 6.20 Å². The summed E-state index contributed by atoms with van der Waals surface area (Å²) in [6.45, 7) is 0.211. The van der Waals surface area contributed by atoms with Crippen molar-refractivity contribution in [3.8, 4) is 0 Å². The van der Waals surface area contributed by atoms with Crippen molar-refractivity contribution in [2.24, 2.45) is 0 Å². The summed E-state index contributed by atoms with van der Waals surface area (Å²) in [6.07, 6.45) is 1.63. The minimum absolute atomic E-state index is 0.0382. The van der Waals surface area contributed by atoms with E-state index >= 15 is 0 Å². The third-order valence-corrected chi connectivity index (χ3v) is 3.84. The lowest BCUT2D eigenvalue weighted by atomic mass is 10.1. The molecule has 0 aliphatic rings. The predicted molar refractivity (Wildman–Crippen MR) is 76.4 cm³/mol. The summed E-state index contributed by atoms with van der Waals surface area (Å²) in [5.41, 5.74) is -4.18. The summed E-state index contributed by atoms with van der Waals surface area (Å²) < 4.78 is 36.9. The van der Waals surface area contributed by atoms with Gasteiger partial charge >= 0.3 is 5.51 Å². The van der Waals surface area contributed by atoms with Gasteiger partial charge in [0.05, 0.1) is 0 Å². The fraction of sp³-hybridized carbons (Fsp3) is 0.250. The highest BCUT2D eigenvalue weighted by Gasteiger charge is 2.27. The molecule has 2 rings (SSSR count). The molecule has 2 aromatic rings. The number of thioether (sulfide) groups is 1. The van der Waals surface area contributed by atoms with Crippen LogP contribution in [0.4, 0.5) is 19.0 Å². The molecule has 1 N–H and O–H groups in total. The first-order chi connectivity index (χ1) is 8.97. The number of nitrogens with zero attached hydrogens (tertiary/aromatic N) is 1. The molecule has 1 heterocycles. The number of nitrogens with one attached hydrogen (secondary N) is 1. The highest BCUT2D eigenvalue weighted by molar-refractivity contribution is 9.10. The second-order valence-electron chi connectivity index (χ2n) is 3.72. The third-order valence-electron chi connectivity index (χ3n) is 2.41. The Kier molecular flexibility index (Phi) is 4.57. The van der Waals surface area contributed by atoms with Gasteiger partial charge in [-0.1, -0.05) is 28.1 Å². The van der Waals surface area contributed by atoms with E-state index in [9.17, 15) is 13.2 Å². The first kappa shape index (κ1) is 14.5. The monoisotopic (exact) mass is 350 g/mol. The molecule has 1 aromatic heterocycles. The van der Waals surface area contributed by atoms with E-state index in [4.69, 9.17) is 0 Å². The zero-order chi connectivity index (χ0) is 13.9. The molecule has 0 aliphatic carbocycles. The lowest BCUT2D eigenvalue weighted by molar-refractivity contribution is -0.0327. The van der Waals surface area contributed by atoms with Crippen molar-refractivity contribution in [3.63, 3.8) is 0 Å². The second kappa shape index (κ2) is 6.00. The number of benzene rings is 1. The van der Waals surface area contributed by atoms with E-state index in [-0.39, 0.29) is 24.1 Å². The fourth-order valence-electron chi connectivity index (χ4n) is 1.65. The summed E-state index contributed by atoms with van der Waals surface area (Å²) in [7, 11) is 0. The van der Waals surface area contributed by atoms with E-state index in [0.29, 0.717) is 5.82 Å². The Morgan fingerprint density at radius 3 is 2.74 bits per heavy atom. The summed E-state index contributed by atoms with van der Waals surface area (Å²) in [4.78, 5) is 4.16. The summed E-state index contributed by atoms with van der Waals surface area (Å²) in [5.74, 6) is 0.553. The average molecular weight is 351 g/mol. The standard InChI is InChI=1S/C12H10BrF3N2S/c13-10-3-1-2-9-8(10)4-5-17-11(9)18-6-7-19-12(14,15)16/h1-5H,6-7H2,(H,17,18). The maximum Gasteiger partial charge on any atom is 0.441 e. The predicted octanol–water partition coefficient (Wildman–Crippen LogP) is 4.66. The van der Waals surface area contributed by atoms with Crippen molar-refractivity contribution in [1.82, 2.24) is 4.98 Å². The van der Waals surface area contributed by atoms with Gasteiger partial charge in [-0.2, -0.15) is 13.2 Å². The lowest BCUT2D eigenvalue weighted by Gasteiger charge is -2.10. The largest absolute Gasteiger partial charge is 0.441 e. The summed E-state index contributed by atoms with van der Waals surface area (Å²) in [6, 6.07) is 7.51. The third kappa shape index (κ3) is 4.01. The smallest absolute Gasteiger partial charge is 0.369 e. The molecule has 0 aliphatic heterocycles. The molecular formula is C12H10BrF3N2S. The topological polar surface area (TPSA) is 24.9 Å². The molecule has 0 saturated heterocycles. The van der Waals surface area contributed by atoms with Crippen LogP contribution in [-0.2, 0) is 0 Å². The van der Waals surface area contributed by atoms with Crippen LogP contribution in [0.1, 0.15) is 0 Å². The number of halogens is 4. The Hall–Kier alpha value is -0.950. The molecular weight excluding hydrogens is 341 g/mol. The van der Waals surface area contributed by atoms with Gasteiger partial charge in [-0.15, -0.1) is 0 Å². The van der Waals surface area contributed by atoms with Gasteiger partial charge in [-0.3, -0.25) is 0 Å². The van der Waals surface area contributed by atoms with Gasteiger partial charge < -0.3 is 5.32 Å². The number of hydrogen-bond donors (Lipinski definition) is 1. The fourth-order valence-corrected chi connectivity index (χ4v) is 2.58. The van der Waals surface area contributed by atoms with Gasteiger partial charge in [0, 0.05) is 33.7 Å². The highest BCUT2D eigenvalue weighted by Crippen LogP contribution is 2.30. The first-order valence-electron chi connectivity index (χ1n) is 5.45. The van der Waals surface area contributed by atoms with Crippen molar-refractivity contribution in [1.29, 1.82) is 0 Å². The van der Waals surface area contributed by atoms with Crippen LogP contribution >= 0.6 is 27.7 Å². The zero-order valence-electron chi connectivity index (χ0n) is 9.67. The van der Waals surface area contributed by atoms with Gasteiger partial charge in [0.15, 0.2) is 0 Å². The van der Waals surface area contributed by atoms with E-state index in [1.165, 1.54) is 0 Å². The minimum Gasteiger partial charge on any atom is -0.369 e. The van der Waals surface area contributed by atoms with E-state index in [0.717, 1.165) is 15.2 Å². The first-order valence-corrected chi connectivity index (χ1v) is 7.23. The number of alkyl halides is 3. The maximum absolute atomic E-state index is 12.0. The number of pyridine rings is 1. The Labute approximate surface area is 120 Å². The molecule has 2 nitrogen and oxygen atoms in total. The van der Waals surface area contributed by atoms with Crippen LogP contribution in [0.3, 0.4) is 0 Å². The van der Waals surface area contributed by atoms with Crippen LogP contribution in [0, 0.1) is 0 Å². The molecule has 7 heteroatoms. The SMILES string of the molecule is FC(F)(F)SCCNc1nccc2c(Br)cccc12. The Balaban J connectivity index is 2.07. The number of rotatable bonds is 4.